The van der Waals surface area contributed by atoms with Crippen LogP contribution < -0.4 is 26.0 Å². The Morgan fingerprint density at radius 3 is 2.62 bits per heavy atom. The Hall–Kier alpha value is -4.75. The third-order valence-electron chi connectivity index (χ3n) is 6.81. The van der Waals surface area contributed by atoms with Gasteiger partial charge in [0.1, 0.15) is 5.75 Å². The van der Waals surface area contributed by atoms with Crippen LogP contribution in [-0.4, -0.2) is 75.6 Å². The van der Waals surface area contributed by atoms with Crippen molar-refractivity contribution in [3.63, 3.8) is 0 Å². The van der Waals surface area contributed by atoms with Crippen LogP contribution in [0.3, 0.4) is 0 Å². The standard InChI is InChI=1S/C28H29ClFN9O3/c1-16(30)26(40)34-20-12-21(24(42-3)13-23(20)37-8-10-38(11-9-37)27(41)17(2)31)35-28-32-15-19(29)25(36-28)18-14-33-39-7-5-4-6-22(18)39/h4-7,12-15,17H,1,8-11,31H2,2-3H3,(H,34,40)(H,32,35,36)/t17-/m0/s1. The molecule has 0 aliphatic carbocycles. The van der Waals surface area contributed by atoms with Gasteiger partial charge in [0.15, 0.2) is 5.83 Å². The number of pyridine rings is 1. The smallest absolute Gasteiger partial charge is 0.283 e. The highest BCUT2D eigenvalue weighted by Gasteiger charge is 2.26. The van der Waals surface area contributed by atoms with E-state index < -0.39 is 17.8 Å². The number of nitrogens with zero attached hydrogens (tertiary/aromatic N) is 6. The van der Waals surface area contributed by atoms with Crippen LogP contribution in [0.2, 0.25) is 5.02 Å². The fraction of sp³-hybridized carbons (Fsp3) is 0.250. The topological polar surface area (TPSA) is 143 Å². The number of fused-ring (bicyclic) bond motifs is 1. The summed E-state index contributed by atoms with van der Waals surface area (Å²) in [5, 5.41) is 10.4. The van der Waals surface area contributed by atoms with Crippen LogP contribution in [0.1, 0.15) is 6.92 Å². The van der Waals surface area contributed by atoms with Crippen LogP contribution in [0, 0.1) is 0 Å². The lowest BCUT2D eigenvalue weighted by atomic mass is 10.1. The molecular formula is C28H29ClFN9O3. The molecule has 0 bridgehead atoms. The predicted octanol–water partition coefficient (Wildman–Crippen LogP) is 3.61. The van der Waals surface area contributed by atoms with Crippen LogP contribution >= 0.6 is 11.6 Å². The van der Waals surface area contributed by atoms with E-state index in [1.807, 2.05) is 29.3 Å². The number of benzene rings is 1. The average Bonchev–Trinajstić information content (AvgIpc) is 3.42. The molecule has 2 amide bonds. The summed E-state index contributed by atoms with van der Waals surface area (Å²) in [6, 6.07) is 8.36. The van der Waals surface area contributed by atoms with Crippen molar-refractivity contribution < 1.29 is 18.7 Å². The number of halogens is 2. The number of rotatable bonds is 8. The molecular weight excluding hydrogens is 565 g/mol. The molecule has 0 unspecified atom stereocenters. The first-order valence-electron chi connectivity index (χ1n) is 13.1. The molecule has 1 aliphatic rings. The van der Waals surface area contributed by atoms with Gasteiger partial charge in [0.25, 0.3) is 5.91 Å². The lowest BCUT2D eigenvalue weighted by molar-refractivity contribution is -0.132. The van der Waals surface area contributed by atoms with Gasteiger partial charge in [0.05, 0.1) is 58.8 Å². The van der Waals surface area contributed by atoms with Crippen molar-refractivity contribution in [3.05, 3.63) is 66.4 Å². The number of carbonyl (C=O) groups excluding carboxylic acids is 2. The van der Waals surface area contributed by atoms with Crippen LogP contribution in [0.25, 0.3) is 16.8 Å². The van der Waals surface area contributed by atoms with Gasteiger partial charge >= 0.3 is 0 Å². The Morgan fingerprint density at radius 1 is 1.17 bits per heavy atom. The zero-order valence-corrected chi connectivity index (χ0v) is 23.7. The van der Waals surface area contributed by atoms with Gasteiger partial charge in [-0.3, -0.25) is 9.59 Å². The number of amides is 2. The van der Waals surface area contributed by atoms with Gasteiger partial charge in [0, 0.05) is 44.0 Å². The SMILES string of the molecule is C=C(F)C(=O)Nc1cc(Nc2ncc(Cl)c(-c3cnn4ccccc34)n2)c(OC)cc1N1CCN(C(=O)[C@H](C)N)CC1. The second-order valence-corrected chi connectivity index (χ2v) is 10.0. The summed E-state index contributed by atoms with van der Waals surface area (Å²) in [4.78, 5) is 37.3. The molecule has 4 N–H and O–H groups in total. The Balaban J connectivity index is 1.48. The van der Waals surface area contributed by atoms with Gasteiger partial charge in [-0.1, -0.05) is 24.2 Å². The molecule has 42 heavy (non-hydrogen) atoms. The average molecular weight is 594 g/mol. The molecule has 0 saturated carbocycles. The van der Waals surface area contributed by atoms with E-state index in [1.165, 1.54) is 13.3 Å². The van der Waals surface area contributed by atoms with Crippen molar-refractivity contribution in [2.75, 3.05) is 48.8 Å². The maximum atomic E-state index is 13.7. The van der Waals surface area contributed by atoms with Gasteiger partial charge in [-0.2, -0.15) is 5.10 Å². The van der Waals surface area contributed by atoms with Crippen molar-refractivity contribution >= 4 is 51.9 Å². The number of piperazine rings is 1. The molecule has 0 spiro atoms. The zero-order chi connectivity index (χ0) is 30.0. The molecule has 5 rings (SSSR count). The fourth-order valence-electron chi connectivity index (χ4n) is 4.70. The van der Waals surface area contributed by atoms with E-state index >= 15 is 0 Å². The van der Waals surface area contributed by atoms with Crippen LogP contribution in [0.15, 0.2) is 61.3 Å². The van der Waals surface area contributed by atoms with E-state index in [1.54, 1.807) is 34.7 Å². The largest absolute Gasteiger partial charge is 0.494 e. The number of methoxy groups -OCH3 is 1. The summed E-state index contributed by atoms with van der Waals surface area (Å²) in [5.74, 6) is -1.66. The molecule has 4 heterocycles. The summed E-state index contributed by atoms with van der Waals surface area (Å²) in [5.41, 5.74) is 9.03. The van der Waals surface area contributed by atoms with Gasteiger partial charge in [0.2, 0.25) is 11.9 Å². The molecule has 1 saturated heterocycles. The van der Waals surface area contributed by atoms with Crippen LogP contribution in [-0.2, 0) is 9.59 Å². The highest BCUT2D eigenvalue weighted by molar-refractivity contribution is 6.33. The second kappa shape index (κ2) is 12.0. The van der Waals surface area contributed by atoms with Crippen LogP contribution in [0.5, 0.6) is 5.75 Å². The maximum absolute atomic E-state index is 13.7. The molecule has 1 atom stereocenters. The highest BCUT2D eigenvalue weighted by Crippen LogP contribution is 2.39. The van der Waals surface area contributed by atoms with E-state index in [9.17, 15) is 14.0 Å². The summed E-state index contributed by atoms with van der Waals surface area (Å²) in [6.07, 6.45) is 4.96. The number of hydrogen-bond acceptors (Lipinski definition) is 9. The maximum Gasteiger partial charge on any atom is 0.283 e. The molecule has 3 aromatic heterocycles. The van der Waals surface area contributed by atoms with E-state index in [0.717, 1.165) is 5.52 Å². The van der Waals surface area contributed by atoms with Gasteiger partial charge in [-0.05, 0) is 25.1 Å². The minimum absolute atomic E-state index is 0.138. The molecule has 12 nitrogen and oxygen atoms in total. The monoisotopic (exact) mass is 593 g/mol. The molecule has 4 aromatic rings. The second-order valence-electron chi connectivity index (χ2n) is 9.63. The normalized spacial score (nSPS) is 14.0. The number of anilines is 4. The van der Waals surface area contributed by atoms with E-state index in [-0.39, 0.29) is 11.9 Å². The third kappa shape index (κ3) is 5.83. The Kier molecular flexibility index (Phi) is 8.22. The van der Waals surface area contributed by atoms with E-state index in [0.29, 0.717) is 65.3 Å². The molecule has 14 heteroatoms. The molecule has 0 radical (unpaired) electrons. The van der Waals surface area contributed by atoms with Crippen molar-refractivity contribution in [2.45, 2.75) is 13.0 Å². The van der Waals surface area contributed by atoms with E-state index in [2.05, 4.69) is 32.3 Å². The number of hydrogen-bond donors (Lipinski definition) is 3. The van der Waals surface area contributed by atoms with Crippen molar-refractivity contribution in [1.82, 2.24) is 24.5 Å². The number of nitrogens with two attached hydrogens (primary N) is 1. The minimum atomic E-state index is -1.14. The summed E-state index contributed by atoms with van der Waals surface area (Å²) in [7, 11) is 1.50. The van der Waals surface area contributed by atoms with Crippen molar-refractivity contribution in [1.29, 1.82) is 0 Å². The number of carbonyl (C=O) groups is 2. The summed E-state index contributed by atoms with van der Waals surface area (Å²) < 4.78 is 21.1. The number of ether oxygens (including phenoxy) is 1. The van der Waals surface area contributed by atoms with Gasteiger partial charge in [-0.25, -0.2) is 18.9 Å². The molecule has 218 valence electrons. The molecule has 1 fully saturated rings. The number of nitrogens with one attached hydrogen (secondary N) is 2. The summed E-state index contributed by atoms with van der Waals surface area (Å²) in [6.45, 7) is 6.51. The van der Waals surface area contributed by atoms with Gasteiger partial charge in [-0.15, -0.1) is 0 Å². The van der Waals surface area contributed by atoms with Crippen molar-refractivity contribution in [2.24, 2.45) is 5.73 Å². The predicted molar refractivity (Wildman–Crippen MR) is 159 cm³/mol. The Bertz CT molecular complexity index is 1670. The van der Waals surface area contributed by atoms with Gasteiger partial charge < -0.3 is 30.9 Å². The first kappa shape index (κ1) is 28.8. The minimum Gasteiger partial charge on any atom is -0.494 e. The third-order valence-corrected chi connectivity index (χ3v) is 7.08. The Labute approximate surface area is 245 Å². The summed E-state index contributed by atoms with van der Waals surface area (Å²) >= 11 is 6.47. The first-order chi connectivity index (χ1) is 20.2. The highest BCUT2D eigenvalue weighted by atomic mass is 35.5. The lowest BCUT2D eigenvalue weighted by Gasteiger charge is -2.37. The number of aromatic nitrogens is 4. The zero-order valence-electron chi connectivity index (χ0n) is 23.0. The molecule has 1 aromatic carbocycles. The fourth-order valence-corrected chi connectivity index (χ4v) is 4.89. The Morgan fingerprint density at radius 2 is 1.93 bits per heavy atom. The van der Waals surface area contributed by atoms with Crippen LogP contribution in [0.4, 0.5) is 27.4 Å². The lowest BCUT2D eigenvalue weighted by Crippen LogP contribution is -2.52. The van der Waals surface area contributed by atoms with Crippen molar-refractivity contribution in [3.8, 4) is 17.0 Å². The first-order valence-corrected chi connectivity index (χ1v) is 13.4. The quantitative estimate of drug-likeness (QED) is 0.261. The van der Waals surface area contributed by atoms with E-state index in [4.69, 9.17) is 22.1 Å². The molecule has 1 aliphatic heterocycles.